The summed E-state index contributed by atoms with van der Waals surface area (Å²) in [7, 11) is 0. The van der Waals surface area contributed by atoms with Gasteiger partial charge in [-0.15, -0.1) is 0 Å². The summed E-state index contributed by atoms with van der Waals surface area (Å²) in [5.41, 5.74) is 1.63. The topological polar surface area (TPSA) is 21.8 Å². The maximum atomic E-state index is 6.10. The van der Waals surface area contributed by atoms with Gasteiger partial charge in [0.1, 0.15) is 6.10 Å². The average Bonchev–Trinajstić information content (AvgIpc) is 2.97. The number of fused-ring (bicyclic) bond motifs is 1. The van der Waals surface area contributed by atoms with Crippen LogP contribution in [0.5, 0.6) is 0 Å². The highest BCUT2D eigenvalue weighted by molar-refractivity contribution is 5.14. The van der Waals surface area contributed by atoms with E-state index in [4.69, 9.17) is 9.47 Å². The third kappa shape index (κ3) is 2.32. The second-order valence-corrected chi connectivity index (χ2v) is 6.73. The summed E-state index contributed by atoms with van der Waals surface area (Å²) >= 11 is 0. The second-order valence-electron chi connectivity index (χ2n) is 6.73. The summed E-state index contributed by atoms with van der Waals surface area (Å²) in [6.07, 6.45) is 2.81. The molecule has 1 saturated heterocycles. The van der Waals surface area contributed by atoms with E-state index >= 15 is 0 Å². The molecule has 0 spiro atoms. The largest absolute Gasteiger partial charge is 0.371 e. The van der Waals surface area contributed by atoms with Crippen LogP contribution < -0.4 is 0 Å². The number of rotatable bonds is 3. The number of epoxide rings is 1. The van der Waals surface area contributed by atoms with E-state index in [1.54, 1.807) is 0 Å². The third-order valence-corrected chi connectivity index (χ3v) is 4.17. The van der Waals surface area contributed by atoms with Gasteiger partial charge in [0.25, 0.3) is 0 Å². The summed E-state index contributed by atoms with van der Waals surface area (Å²) in [6, 6.07) is 10.4. The summed E-state index contributed by atoms with van der Waals surface area (Å²) in [6.45, 7) is 7.54. The highest BCUT2D eigenvalue weighted by Crippen LogP contribution is 2.54. The molecule has 1 aliphatic heterocycles. The molecule has 1 aromatic carbocycles. The van der Waals surface area contributed by atoms with Crippen LogP contribution in [0.2, 0.25) is 0 Å². The van der Waals surface area contributed by atoms with Gasteiger partial charge in [-0.1, -0.05) is 44.2 Å². The van der Waals surface area contributed by atoms with Crippen molar-refractivity contribution in [3.63, 3.8) is 0 Å². The molecule has 0 radical (unpaired) electrons. The zero-order valence-electron chi connectivity index (χ0n) is 11.5. The SMILES string of the molecule is CC1(C)CC(OCc2ccccc2)C2OC2(C)C1. The first-order valence-corrected chi connectivity index (χ1v) is 6.82. The molecule has 0 bridgehead atoms. The van der Waals surface area contributed by atoms with Crippen molar-refractivity contribution in [1.82, 2.24) is 0 Å². The molecule has 0 aromatic heterocycles. The van der Waals surface area contributed by atoms with Crippen LogP contribution in [-0.4, -0.2) is 17.8 Å². The van der Waals surface area contributed by atoms with E-state index in [1.165, 1.54) is 5.56 Å². The van der Waals surface area contributed by atoms with Crippen molar-refractivity contribution in [2.24, 2.45) is 5.41 Å². The van der Waals surface area contributed by atoms with Gasteiger partial charge in [-0.25, -0.2) is 0 Å². The first-order chi connectivity index (χ1) is 8.49. The normalized spacial score (nSPS) is 37.1. The minimum Gasteiger partial charge on any atom is -0.371 e. The van der Waals surface area contributed by atoms with Gasteiger partial charge < -0.3 is 9.47 Å². The Balaban J connectivity index is 1.63. The Kier molecular flexibility index (Phi) is 2.76. The summed E-state index contributed by atoms with van der Waals surface area (Å²) < 4.78 is 12.0. The van der Waals surface area contributed by atoms with Gasteiger partial charge in [0.2, 0.25) is 0 Å². The van der Waals surface area contributed by atoms with Gasteiger partial charge in [0.05, 0.1) is 18.3 Å². The van der Waals surface area contributed by atoms with E-state index < -0.39 is 0 Å². The van der Waals surface area contributed by atoms with Crippen molar-refractivity contribution < 1.29 is 9.47 Å². The van der Waals surface area contributed by atoms with Crippen molar-refractivity contribution in [3.8, 4) is 0 Å². The number of hydrogen-bond acceptors (Lipinski definition) is 2. The lowest BCUT2D eigenvalue weighted by Crippen LogP contribution is -2.39. The molecular formula is C16H22O2. The minimum absolute atomic E-state index is 0.0725. The molecule has 1 aliphatic carbocycles. The van der Waals surface area contributed by atoms with Crippen LogP contribution in [0.15, 0.2) is 30.3 Å². The van der Waals surface area contributed by atoms with Crippen LogP contribution in [0, 0.1) is 5.41 Å². The smallest absolute Gasteiger partial charge is 0.113 e. The van der Waals surface area contributed by atoms with Gasteiger partial charge >= 0.3 is 0 Å². The zero-order chi connectivity index (χ0) is 12.8. The van der Waals surface area contributed by atoms with Crippen LogP contribution >= 0.6 is 0 Å². The number of ether oxygens (including phenoxy) is 2. The predicted octanol–water partition coefficient (Wildman–Crippen LogP) is 3.55. The van der Waals surface area contributed by atoms with Crippen molar-refractivity contribution in [1.29, 1.82) is 0 Å². The average molecular weight is 246 g/mol. The molecule has 1 saturated carbocycles. The lowest BCUT2D eigenvalue weighted by molar-refractivity contribution is -0.0142. The molecule has 0 amide bonds. The first kappa shape index (κ1) is 12.2. The Morgan fingerprint density at radius 2 is 1.94 bits per heavy atom. The Bertz CT molecular complexity index is 423. The highest BCUT2D eigenvalue weighted by Gasteiger charge is 2.62. The van der Waals surface area contributed by atoms with E-state index in [-0.39, 0.29) is 11.7 Å². The maximum absolute atomic E-state index is 6.10. The number of hydrogen-bond donors (Lipinski definition) is 0. The lowest BCUT2D eigenvalue weighted by atomic mass is 9.71. The predicted molar refractivity (Wildman–Crippen MR) is 71.3 cm³/mol. The van der Waals surface area contributed by atoms with Crippen molar-refractivity contribution in [2.45, 2.75) is 58.0 Å². The summed E-state index contributed by atoms with van der Waals surface area (Å²) in [5.74, 6) is 0. The van der Waals surface area contributed by atoms with Crippen molar-refractivity contribution >= 4 is 0 Å². The molecule has 1 heterocycles. The molecule has 2 aliphatic rings. The van der Waals surface area contributed by atoms with Crippen molar-refractivity contribution in [2.75, 3.05) is 0 Å². The molecular weight excluding hydrogens is 224 g/mol. The van der Waals surface area contributed by atoms with Crippen LogP contribution in [-0.2, 0) is 16.1 Å². The third-order valence-electron chi connectivity index (χ3n) is 4.17. The van der Waals surface area contributed by atoms with E-state index in [1.807, 2.05) is 6.07 Å². The second kappa shape index (κ2) is 4.07. The molecule has 0 N–H and O–H groups in total. The van der Waals surface area contributed by atoms with Gasteiger partial charge in [-0.2, -0.15) is 0 Å². The Morgan fingerprint density at radius 1 is 1.22 bits per heavy atom. The van der Waals surface area contributed by atoms with E-state index in [9.17, 15) is 0 Å². The first-order valence-electron chi connectivity index (χ1n) is 6.82. The van der Waals surface area contributed by atoms with Crippen molar-refractivity contribution in [3.05, 3.63) is 35.9 Å². The van der Waals surface area contributed by atoms with Crippen LogP contribution in [0.25, 0.3) is 0 Å². The molecule has 3 rings (SSSR count). The summed E-state index contributed by atoms with van der Waals surface area (Å²) in [4.78, 5) is 0. The van der Waals surface area contributed by atoms with Crippen LogP contribution in [0.4, 0.5) is 0 Å². The summed E-state index contributed by atoms with van der Waals surface area (Å²) in [5, 5.41) is 0. The fraction of sp³-hybridized carbons (Fsp3) is 0.625. The van der Waals surface area contributed by atoms with Gasteiger partial charge in [0, 0.05) is 0 Å². The fourth-order valence-electron chi connectivity index (χ4n) is 3.47. The molecule has 2 heteroatoms. The monoisotopic (exact) mass is 246 g/mol. The molecule has 18 heavy (non-hydrogen) atoms. The van der Waals surface area contributed by atoms with Gasteiger partial charge in [0.15, 0.2) is 0 Å². The van der Waals surface area contributed by atoms with E-state index in [0.717, 1.165) is 12.8 Å². The highest BCUT2D eigenvalue weighted by atomic mass is 16.6. The van der Waals surface area contributed by atoms with Crippen LogP contribution in [0.3, 0.4) is 0 Å². The Hall–Kier alpha value is -0.860. The lowest BCUT2D eigenvalue weighted by Gasteiger charge is -2.35. The molecule has 1 aromatic rings. The molecule has 3 atom stereocenters. The standard InChI is InChI=1S/C16H22O2/c1-15(2)9-13(14-16(3,11-15)18-14)17-10-12-7-5-4-6-8-12/h4-8,13-14H,9-11H2,1-3H3. The van der Waals surface area contributed by atoms with Gasteiger partial charge in [-0.3, -0.25) is 0 Å². The Morgan fingerprint density at radius 3 is 2.67 bits per heavy atom. The molecule has 3 unspecified atom stereocenters. The number of benzene rings is 1. The van der Waals surface area contributed by atoms with Gasteiger partial charge in [-0.05, 0) is 30.7 Å². The molecule has 2 nitrogen and oxygen atoms in total. The molecule has 2 fully saturated rings. The van der Waals surface area contributed by atoms with E-state index in [2.05, 4.69) is 45.0 Å². The molecule has 98 valence electrons. The van der Waals surface area contributed by atoms with Crippen LogP contribution in [0.1, 0.15) is 39.2 Å². The zero-order valence-corrected chi connectivity index (χ0v) is 11.5. The fourth-order valence-corrected chi connectivity index (χ4v) is 3.47. The minimum atomic E-state index is 0.0725. The Labute approximate surface area is 109 Å². The quantitative estimate of drug-likeness (QED) is 0.761. The van der Waals surface area contributed by atoms with E-state index in [0.29, 0.717) is 18.1 Å². The maximum Gasteiger partial charge on any atom is 0.113 e.